The van der Waals surface area contributed by atoms with Gasteiger partial charge in [0.2, 0.25) is 5.91 Å². The summed E-state index contributed by atoms with van der Waals surface area (Å²) < 4.78 is 4.89. The van der Waals surface area contributed by atoms with E-state index in [1.807, 2.05) is 34.6 Å². The number of rotatable bonds is 6. The molecular formula is C17H33IN4O3. The second-order valence-electron chi connectivity index (χ2n) is 6.93. The molecule has 2 atom stereocenters. The number of carbonyl (C=O) groups is 2. The summed E-state index contributed by atoms with van der Waals surface area (Å²) in [5, 5.41) is 6.10. The second-order valence-corrected chi connectivity index (χ2v) is 6.93. The summed E-state index contributed by atoms with van der Waals surface area (Å²) in [6.07, 6.45) is 0. The van der Waals surface area contributed by atoms with Crippen molar-refractivity contribution in [1.82, 2.24) is 15.5 Å². The van der Waals surface area contributed by atoms with Crippen molar-refractivity contribution in [1.29, 1.82) is 0 Å². The highest BCUT2D eigenvalue weighted by atomic mass is 127. The Morgan fingerprint density at radius 1 is 1.20 bits per heavy atom. The minimum absolute atomic E-state index is 0. The number of amides is 1. The highest BCUT2D eigenvalue weighted by Crippen LogP contribution is 2.24. The average molecular weight is 468 g/mol. The van der Waals surface area contributed by atoms with Crippen LogP contribution in [0.1, 0.15) is 34.6 Å². The second kappa shape index (κ2) is 10.8. The highest BCUT2D eigenvalue weighted by molar-refractivity contribution is 14.0. The smallest absolute Gasteiger partial charge is 0.310 e. The van der Waals surface area contributed by atoms with Crippen LogP contribution in [0.2, 0.25) is 0 Å². The molecule has 8 heteroatoms. The molecule has 0 aliphatic carbocycles. The summed E-state index contributed by atoms with van der Waals surface area (Å²) in [6.45, 7) is 12.8. The first-order valence-electron chi connectivity index (χ1n) is 8.66. The molecule has 146 valence electrons. The Balaban J connectivity index is 0.00000576. The molecule has 0 aromatic heterocycles. The Morgan fingerprint density at radius 2 is 1.80 bits per heavy atom. The Bertz CT molecular complexity index is 483. The first-order valence-corrected chi connectivity index (χ1v) is 8.66. The van der Waals surface area contributed by atoms with Crippen LogP contribution in [0.15, 0.2) is 4.99 Å². The fraction of sp³-hybridized carbons (Fsp3) is 0.824. The molecule has 0 aromatic rings. The molecule has 0 spiro atoms. The number of hydrogen-bond acceptors (Lipinski definition) is 4. The third-order valence-electron chi connectivity index (χ3n) is 4.33. The maximum atomic E-state index is 12.1. The molecule has 0 aromatic carbocycles. The van der Waals surface area contributed by atoms with Crippen LogP contribution in [0.3, 0.4) is 0 Å². The van der Waals surface area contributed by atoms with E-state index in [0.717, 1.165) is 19.0 Å². The summed E-state index contributed by atoms with van der Waals surface area (Å²) >= 11 is 0. The van der Waals surface area contributed by atoms with Gasteiger partial charge < -0.3 is 20.3 Å². The van der Waals surface area contributed by atoms with Gasteiger partial charge in [-0.2, -0.15) is 0 Å². The quantitative estimate of drug-likeness (QED) is 0.267. The van der Waals surface area contributed by atoms with Crippen LogP contribution >= 0.6 is 24.0 Å². The number of halogens is 1. The van der Waals surface area contributed by atoms with Crippen molar-refractivity contribution in [2.45, 2.75) is 34.6 Å². The summed E-state index contributed by atoms with van der Waals surface area (Å²) in [6, 6.07) is 0. The predicted molar refractivity (Wildman–Crippen MR) is 110 cm³/mol. The number of carbonyl (C=O) groups excluding carboxylic acids is 2. The van der Waals surface area contributed by atoms with Gasteiger partial charge in [-0.1, -0.05) is 6.92 Å². The molecule has 25 heavy (non-hydrogen) atoms. The van der Waals surface area contributed by atoms with E-state index in [1.54, 1.807) is 0 Å². The number of likely N-dealkylation sites (tertiary alicyclic amines) is 1. The molecule has 1 aliphatic rings. The van der Waals surface area contributed by atoms with Crippen LogP contribution in [-0.4, -0.2) is 62.6 Å². The van der Waals surface area contributed by atoms with Gasteiger partial charge in [0.25, 0.3) is 0 Å². The summed E-state index contributed by atoms with van der Waals surface area (Å²) in [4.78, 5) is 30.7. The molecule has 0 radical (unpaired) electrons. The van der Waals surface area contributed by atoms with Gasteiger partial charge in [-0.3, -0.25) is 14.6 Å². The van der Waals surface area contributed by atoms with Crippen LogP contribution in [0.25, 0.3) is 0 Å². The zero-order chi connectivity index (χ0) is 18.3. The van der Waals surface area contributed by atoms with Gasteiger partial charge in [-0.15, -0.1) is 24.0 Å². The molecule has 1 aliphatic heterocycles. The number of ether oxygens (including phenoxy) is 1. The normalized spacial score (nSPS) is 20.7. The first kappa shape index (κ1) is 23.9. The van der Waals surface area contributed by atoms with E-state index in [2.05, 4.69) is 20.5 Å². The molecule has 2 unspecified atom stereocenters. The van der Waals surface area contributed by atoms with Crippen molar-refractivity contribution in [3.05, 3.63) is 0 Å². The number of nitrogens with zero attached hydrogens (tertiary/aromatic N) is 2. The SMILES string of the molecule is CCNC(=O)C(C)(C)CN=C(NCC)N1CC(C)C(C(=O)OC)C1.I. The lowest BCUT2D eigenvalue weighted by Gasteiger charge is -2.25. The lowest BCUT2D eigenvalue weighted by molar-refractivity contribution is -0.146. The van der Waals surface area contributed by atoms with E-state index in [4.69, 9.17) is 4.74 Å². The van der Waals surface area contributed by atoms with E-state index >= 15 is 0 Å². The number of esters is 1. The lowest BCUT2D eigenvalue weighted by Crippen LogP contribution is -2.43. The van der Waals surface area contributed by atoms with Gasteiger partial charge in [0.1, 0.15) is 0 Å². The van der Waals surface area contributed by atoms with Crippen molar-refractivity contribution in [2.24, 2.45) is 22.2 Å². The zero-order valence-electron chi connectivity index (χ0n) is 16.2. The highest BCUT2D eigenvalue weighted by Gasteiger charge is 2.37. The molecule has 0 bridgehead atoms. The number of methoxy groups -OCH3 is 1. The van der Waals surface area contributed by atoms with E-state index < -0.39 is 5.41 Å². The van der Waals surface area contributed by atoms with E-state index in [-0.39, 0.29) is 47.7 Å². The van der Waals surface area contributed by atoms with Crippen molar-refractivity contribution < 1.29 is 14.3 Å². The third kappa shape index (κ3) is 6.63. The Morgan fingerprint density at radius 3 is 2.32 bits per heavy atom. The van der Waals surface area contributed by atoms with Crippen LogP contribution in [-0.2, 0) is 14.3 Å². The molecule has 1 amide bonds. The maximum absolute atomic E-state index is 12.1. The standard InChI is InChI=1S/C17H32N4O3.HI/c1-7-18-15(23)17(4,5)11-20-16(19-8-2)21-9-12(3)13(10-21)14(22)24-6;/h12-13H,7-11H2,1-6H3,(H,18,23)(H,19,20);1H. The van der Waals surface area contributed by atoms with Crippen molar-refractivity contribution in [3.63, 3.8) is 0 Å². The van der Waals surface area contributed by atoms with E-state index in [1.165, 1.54) is 7.11 Å². The van der Waals surface area contributed by atoms with Crippen molar-refractivity contribution in [2.75, 3.05) is 39.8 Å². The van der Waals surface area contributed by atoms with Gasteiger partial charge >= 0.3 is 5.97 Å². The summed E-state index contributed by atoms with van der Waals surface area (Å²) in [5.41, 5.74) is -0.580. The van der Waals surface area contributed by atoms with Crippen LogP contribution in [0.5, 0.6) is 0 Å². The van der Waals surface area contributed by atoms with Crippen molar-refractivity contribution >= 4 is 41.8 Å². The van der Waals surface area contributed by atoms with Gasteiger partial charge in [0, 0.05) is 26.2 Å². The fourth-order valence-electron chi connectivity index (χ4n) is 2.77. The molecule has 7 nitrogen and oxygen atoms in total. The molecule has 1 rings (SSSR count). The zero-order valence-corrected chi connectivity index (χ0v) is 18.5. The first-order chi connectivity index (χ1) is 11.3. The van der Waals surface area contributed by atoms with Gasteiger partial charge in [-0.05, 0) is 33.6 Å². The van der Waals surface area contributed by atoms with Crippen LogP contribution in [0.4, 0.5) is 0 Å². The maximum Gasteiger partial charge on any atom is 0.310 e. The fourth-order valence-corrected chi connectivity index (χ4v) is 2.77. The minimum Gasteiger partial charge on any atom is -0.469 e. The van der Waals surface area contributed by atoms with Gasteiger partial charge in [0.15, 0.2) is 5.96 Å². The number of nitrogens with one attached hydrogen (secondary N) is 2. The summed E-state index contributed by atoms with van der Waals surface area (Å²) in [7, 11) is 1.42. The van der Waals surface area contributed by atoms with Crippen LogP contribution < -0.4 is 10.6 Å². The average Bonchev–Trinajstić information content (AvgIpc) is 2.92. The molecule has 1 heterocycles. The predicted octanol–water partition coefficient (Wildman–Crippen LogP) is 1.47. The molecule has 0 saturated carbocycles. The molecule has 1 fully saturated rings. The molecule has 1 saturated heterocycles. The van der Waals surface area contributed by atoms with Crippen molar-refractivity contribution in [3.8, 4) is 0 Å². The monoisotopic (exact) mass is 468 g/mol. The van der Waals surface area contributed by atoms with Crippen LogP contribution in [0, 0.1) is 17.3 Å². The topological polar surface area (TPSA) is 83.0 Å². The lowest BCUT2D eigenvalue weighted by atomic mass is 9.92. The number of hydrogen-bond donors (Lipinski definition) is 2. The largest absolute Gasteiger partial charge is 0.469 e. The Hall–Kier alpha value is -1.06. The molecular weight excluding hydrogens is 435 g/mol. The summed E-state index contributed by atoms with van der Waals surface area (Å²) in [5.74, 6) is 0.622. The minimum atomic E-state index is -0.580. The third-order valence-corrected chi connectivity index (χ3v) is 4.33. The Labute approximate surface area is 168 Å². The molecule has 2 N–H and O–H groups in total. The number of guanidine groups is 1. The number of aliphatic imine (C=N–C) groups is 1. The van der Waals surface area contributed by atoms with E-state index in [9.17, 15) is 9.59 Å². The van der Waals surface area contributed by atoms with Gasteiger partial charge in [-0.25, -0.2) is 0 Å². The van der Waals surface area contributed by atoms with E-state index in [0.29, 0.717) is 19.6 Å². The van der Waals surface area contributed by atoms with Gasteiger partial charge in [0.05, 0.1) is 25.0 Å². The Kier molecular flexibility index (Phi) is 10.4.